The second-order valence-corrected chi connectivity index (χ2v) is 6.56. The number of fused-ring (bicyclic) bond motifs is 1. The van der Waals surface area contributed by atoms with E-state index >= 15 is 0 Å². The third-order valence-corrected chi connectivity index (χ3v) is 5.04. The van der Waals surface area contributed by atoms with Crippen LogP contribution in [0.3, 0.4) is 0 Å². The van der Waals surface area contributed by atoms with Gasteiger partial charge in [0.1, 0.15) is 16.2 Å². The zero-order valence-electron chi connectivity index (χ0n) is 13.6. The van der Waals surface area contributed by atoms with E-state index in [-0.39, 0.29) is 5.82 Å². The molecule has 3 heterocycles. The monoisotopic (exact) mass is 368 g/mol. The maximum absolute atomic E-state index is 13.1. The molecule has 1 aromatic carbocycles. The lowest BCUT2D eigenvalue weighted by molar-refractivity contribution is 0.581. The average Bonchev–Trinajstić information content (AvgIpc) is 3.07. The molecule has 0 bridgehead atoms. The molecule has 0 aliphatic rings. The van der Waals surface area contributed by atoms with Crippen LogP contribution in [-0.4, -0.2) is 18.9 Å². The Morgan fingerprint density at radius 2 is 1.92 bits per heavy atom. The van der Waals surface area contributed by atoms with Crippen LogP contribution < -0.4 is 11.2 Å². The molecule has 0 saturated heterocycles. The number of halogens is 1. The maximum atomic E-state index is 13.1. The van der Waals surface area contributed by atoms with E-state index in [1.165, 1.54) is 12.1 Å². The molecule has 4 rings (SSSR count). The molecule has 4 aromatic rings. The van der Waals surface area contributed by atoms with Crippen LogP contribution in [-0.2, 0) is 0 Å². The number of pyridine rings is 1. The van der Waals surface area contributed by atoms with E-state index in [0.717, 1.165) is 16.1 Å². The zero-order valence-corrected chi connectivity index (χ0v) is 14.5. The number of hydrogen-bond acceptors (Lipinski definition) is 5. The molecule has 3 aromatic heterocycles. The van der Waals surface area contributed by atoms with Gasteiger partial charge in [0.15, 0.2) is 0 Å². The third-order valence-electron chi connectivity index (χ3n) is 4.20. The van der Waals surface area contributed by atoms with Gasteiger partial charge in [0.25, 0.3) is 5.56 Å². The number of aromatic amines is 1. The van der Waals surface area contributed by atoms with Gasteiger partial charge in [-0.05, 0) is 48.3 Å². The average molecular weight is 368 g/mol. The molecule has 0 amide bonds. The van der Waals surface area contributed by atoms with Gasteiger partial charge < -0.3 is 4.98 Å². The van der Waals surface area contributed by atoms with E-state index in [9.17, 15) is 14.0 Å². The minimum atomic E-state index is -0.545. The summed E-state index contributed by atoms with van der Waals surface area (Å²) in [5.41, 5.74) is 1.12. The van der Waals surface area contributed by atoms with Gasteiger partial charge in [-0.15, -0.1) is 0 Å². The summed E-state index contributed by atoms with van der Waals surface area (Å²) in [6.45, 7) is 1.72. The summed E-state index contributed by atoms with van der Waals surface area (Å²) >= 11 is 1.02. The minimum Gasteiger partial charge on any atom is -0.304 e. The highest BCUT2D eigenvalue weighted by Crippen LogP contribution is 2.25. The zero-order chi connectivity index (χ0) is 18.3. The molecule has 0 aliphatic carbocycles. The van der Waals surface area contributed by atoms with Gasteiger partial charge in [-0.1, -0.05) is 18.2 Å². The van der Waals surface area contributed by atoms with Crippen LogP contribution in [0.5, 0.6) is 0 Å². The molecule has 0 aliphatic heterocycles. The summed E-state index contributed by atoms with van der Waals surface area (Å²) in [7, 11) is 0. The number of rotatable bonds is 3. The Hall–Kier alpha value is -3.13. The minimum absolute atomic E-state index is 0.346. The molecule has 6 nitrogen and oxygen atoms in total. The highest BCUT2D eigenvalue weighted by atomic mass is 32.1. The van der Waals surface area contributed by atoms with Crippen LogP contribution in [0.4, 0.5) is 4.39 Å². The fourth-order valence-electron chi connectivity index (χ4n) is 2.84. The Kier molecular flexibility index (Phi) is 3.96. The molecule has 0 spiro atoms. The van der Waals surface area contributed by atoms with Crippen molar-refractivity contribution >= 4 is 21.7 Å². The second kappa shape index (κ2) is 6.30. The molecule has 26 heavy (non-hydrogen) atoms. The SMILES string of the molecule is C[C@H](c1ccc(F)cc1)n1c(=O)[nH]c2c(-c3ccccn3)nsc2c1=O. The molecular weight excluding hydrogens is 355 g/mol. The molecule has 8 heteroatoms. The second-order valence-electron chi connectivity index (χ2n) is 5.78. The first kappa shape index (κ1) is 16.3. The van der Waals surface area contributed by atoms with Crippen LogP contribution in [0.25, 0.3) is 21.6 Å². The summed E-state index contributed by atoms with van der Waals surface area (Å²) in [6, 6.07) is 10.5. The number of H-pyrrole nitrogens is 1. The van der Waals surface area contributed by atoms with Crippen molar-refractivity contribution in [2.24, 2.45) is 0 Å². The number of benzene rings is 1. The third kappa shape index (κ3) is 2.64. The van der Waals surface area contributed by atoms with Crippen molar-refractivity contribution in [3.05, 3.63) is 80.9 Å². The van der Waals surface area contributed by atoms with Gasteiger partial charge in [-0.25, -0.2) is 9.18 Å². The summed E-state index contributed by atoms with van der Waals surface area (Å²) in [4.78, 5) is 32.5. The van der Waals surface area contributed by atoms with Crippen LogP contribution in [0.15, 0.2) is 58.3 Å². The smallest absolute Gasteiger partial charge is 0.304 e. The predicted molar refractivity (Wildman–Crippen MR) is 97.9 cm³/mol. The number of aromatic nitrogens is 4. The number of nitrogens with zero attached hydrogens (tertiary/aromatic N) is 3. The predicted octanol–water partition coefficient (Wildman–Crippen LogP) is 2.96. The van der Waals surface area contributed by atoms with Crippen LogP contribution in [0.2, 0.25) is 0 Å². The van der Waals surface area contributed by atoms with E-state index in [1.807, 2.05) is 6.07 Å². The Morgan fingerprint density at radius 3 is 2.62 bits per heavy atom. The Balaban J connectivity index is 1.89. The lowest BCUT2D eigenvalue weighted by Crippen LogP contribution is -2.37. The molecule has 130 valence electrons. The lowest BCUT2D eigenvalue weighted by atomic mass is 10.1. The molecule has 0 fully saturated rings. The molecule has 0 radical (unpaired) electrons. The van der Waals surface area contributed by atoms with Crippen molar-refractivity contribution in [1.82, 2.24) is 18.9 Å². The van der Waals surface area contributed by atoms with Crippen molar-refractivity contribution in [3.8, 4) is 11.4 Å². The van der Waals surface area contributed by atoms with Crippen molar-refractivity contribution in [2.45, 2.75) is 13.0 Å². The fraction of sp³-hybridized carbons (Fsp3) is 0.111. The van der Waals surface area contributed by atoms with Crippen molar-refractivity contribution in [1.29, 1.82) is 0 Å². The molecule has 0 saturated carbocycles. The largest absolute Gasteiger partial charge is 0.329 e. The van der Waals surface area contributed by atoms with Gasteiger partial charge in [-0.2, -0.15) is 4.37 Å². The summed E-state index contributed by atoms with van der Waals surface area (Å²) < 4.78 is 18.9. The summed E-state index contributed by atoms with van der Waals surface area (Å²) in [6.07, 6.45) is 1.62. The first-order valence-electron chi connectivity index (χ1n) is 7.87. The normalized spacial score (nSPS) is 12.4. The van der Waals surface area contributed by atoms with Crippen molar-refractivity contribution < 1.29 is 4.39 Å². The topological polar surface area (TPSA) is 80.6 Å². The molecule has 0 unspecified atom stereocenters. The van der Waals surface area contributed by atoms with Gasteiger partial charge in [0.2, 0.25) is 0 Å². The Morgan fingerprint density at radius 1 is 1.15 bits per heavy atom. The van der Waals surface area contributed by atoms with Gasteiger partial charge in [0.05, 0.1) is 17.3 Å². The van der Waals surface area contributed by atoms with E-state index in [0.29, 0.717) is 27.2 Å². The molecule has 1 N–H and O–H groups in total. The van der Waals surface area contributed by atoms with Crippen molar-refractivity contribution in [2.75, 3.05) is 0 Å². The number of hydrogen-bond donors (Lipinski definition) is 1. The van der Waals surface area contributed by atoms with Gasteiger partial charge in [-0.3, -0.25) is 14.3 Å². The highest BCUT2D eigenvalue weighted by Gasteiger charge is 2.20. The Bertz CT molecular complexity index is 1200. The van der Waals surface area contributed by atoms with Gasteiger partial charge in [0, 0.05) is 6.20 Å². The Labute approximate surface area is 150 Å². The van der Waals surface area contributed by atoms with E-state index in [2.05, 4.69) is 14.3 Å². The van der Waals surface area contributed by atoms with E-state index in [1.54, 1.807) is 37.4 Å². The maximum Gasteiger partial charge on any atom is 0.329 e. The lowest BCUT2D eigenvalue weighted by Gasteiger charge is -2.14. The standard InChI is InChI=1S/C18H13FN4O2S/c1-10(11-5-7-12(19)8-6-11)23-17(24)16-15(21-18(23)25)14(22-26-16)13-4-2-3-9-20-13/h2-10H,1H3,(H,21,25)/t10-/m1/s1. The van der Waals surface area contributed by atoms with E-state index < -0.39 is 17.3 Å². The highest BCUT2D eigenvalue weighted by molar-refractivity contribution is 7.13. The van der Waals surface area contributed by atoms with Crippen LogP contribution in [0, 0.1) is 5.82 Å². The first-order chi connectivity index (χ1) is 12.6. The van der Waals surface area contributed by atoms with E-state index in [4.69, 9.17) is 0 Å². The fourth-order valence-corrected chi connectivity index (χ4v) is 3.62. The number of nitrogens with one attached hydrogen (secondary N) is 1. The molecule has 1 atom stereocenters. The van der Waals surface area contributed by atoms with Gasteiger partial charge >= 0.3 is 5.69 Å². The van der Waals surface area contributed by atoms with Crippen LogP contribution in [0.1, 0.15) is 18.5 Å². The van der Waals surface area contributed by atoms with Crippen LogP contribution >= 0.6 is 11.5 Å². The quantitative estimate of drug-likeness (QED) is 0.603. The first-order valence-corrected chi connectivity index (χ1v) is 8.64. The summed E-state index contributed by atoms with van der Waals surface area (Å²) in [5, 5.41) is 0. The summed E-state index contributed by atoms with van der Waals surface area (Å²) in [5.74, 6) is -0.375. The van der Waals surface area contributed by atoms with Crippen molar-refractivity contribution in [3.63, 3.8) is 0 Å². The molecular formula is C18H13FN4O2S.